The van der Waals surface area contributed by atoms with Gasteiger partial charge in [0.1, 0.15) is 0 Å². The molecule has 0 aliphatic carbocycles. The van der Waals surface area contributed by atoms with Gasteiger partial charge in [-0.05, 0) is 5.41 Å². The van der Waals surface area contributed by atoms with Crippen LogP contribution in [0.3, 0.4) is 0 Å². The second-order valence-corrected chi connectivity index (χ2v) is 5.06. The number of amides is 1. The highest BCUT2D eigenvalue weighted by atomic mass is 35.5. The zero-order valence-electron chi connectivity index (χ0n) is 9.03. The summed E-state index contributed by atoms with van der Waals surface area (Å²) in [6.45, 7) is 6.31. The molecule has 0 aromatic carbocycles. The van der Waals surface area contributed by atoms with Crippen molar-refractivity contribution in [1.29, 1.82) is 0 Å². The number of hydrogen-bond acceptors (Lipinski definition) is 4. The number of nitrogens with zero attached hydrogens (tertiary/aromatic N) is 1. The normalized spacial score (nSPS) is 10.7. The molecule has 0 aliphatic rings. The maximum absolute atomic E-state index is 11.0. The van der Waals surface area contributed by atoms with Crippen molar-refractivity contribution in [2.24, 2.45) is 5.73 Å². The standard InChI is InChI=1S/C9H15N3OS.ClH/c1-9(2,3)6-5-11-8(14-6)12-7(13)4-10;/h5H,4,10H2,1-3H3,(H,11,12,13);1H. The number of hydrogen-bond donors (Lipinski definition) is 2. The Kier molecular flexibility index (Phi) is 5.20. The second kappa shape index (κ2) is 5.44. The number of nitrogens with one attached hydrogen (secondary N) is 1. The fourth-order valence-corrected chi connectivity index (χ4v) is 1.74. The van der Waals surface area contributed by atoms with Gasteiger partial charge in [-0.3, -0.25) is 4.79 Å². The molecule has 0 fully saturated rings. The van der Waals surface area contributed by atoms with E-state index in [0.717, 1.165) is 4.88 Å². The lowest BCUT2D eigenvalue weighted by atomic mass is 9.96. The van der Waals surface area contributed by atoms with Gasteiger partial charge in [0.25, 0.3) is 0 Å². The van der Waals surface area contributed by atoms with Crippen molar-refractivity contribution in [3.05, 3.63) is 11.1 Å². The average molecular weight is 250 g/mol. The lowest BCUT2D eigenvalue weighted by Crippen LogP contribution is -2.21. The Hall–Kier alpha value is -0.650. The first-order valence-corrected chi connectivity index (χ1v) is 5.21. The third-order valence-electron chi connectivity index (χ3n) is 1.68. The van der Waals surface area contributed by atoms with Crippen LogP contribution in [0.1, 0.15) is 25.6 Å². The van der Waals surface area contributed by atoms with Gasteiger partial charge in [0.2, 0.25) is 5.91 Å². The number of carbonyl (C=O) groups excluding carboxylic acids is 1. The van der Waals surface area contributed by atoms with Crippen LogP contribution in [-0.2, 0) is 10.2 Å². The molecule has 15 heavy (non-hydrogen) atoms. The van der Waals surface area contributed by atoms with E-state index in [0.29, 0.717) is 5.13 Å². The number of carbonyl (C=O) groups is 1. The Morgan fingerprint density at radius 2 is 2.20 bits per heavy atom. The van der Waals surface area contributed by atoms with E-state index in [4.69, 9.17) is 5.73 Å². The maximum Gasteiger partial charge on any atom is 0.239 e. The molecule has 1 rings (SSSR count). The van der Waals surface area contributed by atoms with Crippen LogP contribution in [0.2, 0.25) is 0 Å². The molecule has 0 spiro atoms. The molecule has 0 atom stereocenters. The van der Waals surface area contributed by atoms with Crippen molar-refractivity contribution < 1.29 is 4.79 Å². The van der Waals surface area contributed by atoms with Crippen LogP contribution >= 0.6 is 23.7 Å². The predicted molar refractivity (Wildman–Crippen MR) is 65.7 cm³/mol. The van der Waals surface area contributed by atoms with Crippen molar-refractivity contribution in [2.75, 3.05) is 11.9 Å². The molecule has 0 bridgehead atoms. The van der Waals surface area contributed by atoms with Crippen LogP contribution < -0.4 is 11.1 Å². The SMILES string of the molecule is CC(C)(C)c1cnc(NC(=O)CN)s1.Cl. The summed E-state index contributed by atoms with van der Waals surface area (Å²) in [5.41, 5.74) is 5.25. The van der Waals surface area contributed by atoms with E-state index in [1.54, 1.807) is 6.20 Å². The van der Waals surface area contributed by atoms with Gasteiger partial charge in [0, 0.05) is 11.1 Å². The van der Waals surface area contributed by atoms with E-state index in [-0.39, 0.29) is 30.3 Å². The fourth-order valence-electron chi connectivity index (χ4n) is 0.849. The summed E-state index contributed by atoms with van der Waals surface area (Å²) >= 11 is 1.48. The minimum Gasteiger partial charge on any atom is -0.322 e. The van der Waals surface area contributed by atoms with Crippen LogP contribution in [0.15, 0.2) is 6.20 Å². The molecule has 0 radical (unpaired) electrons. The molecule has 0 unspecified atom stereocenters. The number of thiazole rings is 1. The zero-order chi connectivity index (χ0) is 10.8. The van der Waals surface area contributed by atoms with Crippen LogP contribution in [0.5, 0.6) is 0 Å². The van der Waals surface area contributed by atoms with E-state index in [9.17, 15) is 4.79 Å². The minimum absolute atomic E-state index is 0. The van der Waals surface area contributed by atoms with Crippen molar-refractivity contribution in [1.82, 2.24) is 4.98 Å². The van der Waals surface area contributed by atoms with E-state index < -0.39 is 0 Å². The van der Waals surface area contributed by atoms with Gasteiger partial charge < -0.3 is 11.1 Å². The van der Waals surface area contributed by atoms with Gasteiger partial charge >= 0.3 is 0 Å². The summed E-state index contributed by atoms with van der Waals surface area (Å²) in [6, 6.07) is 0. The molecule has 3 N–H and O–H groups in total. The van der Waals surface area contributed by atoms with E-state index in [2.05, 4.69) is 31.1 Å². The topological polar surface area (TPSA) is 68.0 Å². The molecule has 1 heterocycles. The molecule has 1 aromatic rings. The van der Waals surface area contributed by atoms with Gasteiger partial charge in [-0.15, -0.1) is 23.7 Å². The van der Waals surface area contributed by atoms with E-state index in [1.807, 2.05) is 0 Å². The maximum atomic E-state index is 11.0. The van der Waals surface area contributed by atoms with Gasteiger partial charge in [-0.25, -0.2) is 4.98 Å². The van der Waals surface area contributed by atoms with Crippen molar-refractivity contribution in [3.8, 4) is 0 Å². The quantitative estimate of drug-likeness (QED) is 0.839. The van der Waals surface area contributed by atoms with Crippen LogP contribution in [0, 0.1) is 0 Å². The van der Waals surface area contributed by atoms with Crippen molar-refractivity contribution in [3.63, 3.8) is 0 Å². The van der Waals surface area contributed by atoms with Gasteiger partial charge in [-0.1, -0.05) is 20.8 Å². The molecule has 0 saturated carbocycles. The smallest absolute Gasteiger partial charge is 0.239 e. The molecule has 1 amide bonds. The van der Waals surface area contributed by atoms with Gasteiger partial charge in [0.05, 0.1) is 6.54 Å². The summed E-state index contributed by atoms with van der Waals surface area (Å²) in [7, 11) is 0. The first-order chi connectivity index (χ1) is 6.43. The van der Waals surface area contributed by atoms with Crippen LogP contribution in [0.25, 0.3) is 0 Å². The lowest BCUT2D eigenvalue weighted by Gasteiger charge is -2.14. The number of rotatable bonds is 2. The Morgan fingerprint density at radius 3 is 2.60 bits per heavy atom. The highest BCUT2D eigenvalue weighted by Gasteiger charge is 2.17. The molecule has 1 aromatic heterocycles. The highest BCUT2D eigenvalue weighted by molar-refractivity contribution is 7.15. The Balaban J connectivity index is 0.00000196. The van der Waals surface area contributed by atoms with E-state index in [1.165, 1.54) is 11.3 Å². The third-order valence-corrected chi connectivity index (χ3v) is 3.02. The summed E-state index contributed by atoms with van der Waals surface area (Å²) < 4.78 is 0. The summed E-state index contributed by atoms with van der Waals surface area (Å²) in [6.07, 6.45) is 1.79. The van der Waals surface area contributed by atoms with Gasteiger partial charge in [-0.2, -0.15) is 0 Å². The Morgan fingerprint density at radius 1 is 1.60 bits per heavy atom. The summed E-state index contributed by atoms with van der Waals surface area (Å²) in [5, 5.41) is 3.24. The van der Waals surface area contributed by atoms with Gasteiger partial charge in [0.15, 0.2) is 5.13 Å². The third kappa shape index (κ3) is 4.15. The Labute approximate surface area is 99.7 Å². The monoisotopic (exact) mass is 249 g/mol. The molecule has 86 valence electrons. The lowest BCUT2D eigenvalue weighted by molar-refractivity contribution is -0.114. The van der Waals surface area contributed by atoms with Crippen LogP contribution in [0.4, 0.5) is 5.13 Å². The largest absolute Gasteiger partial charge is 0.322 e. The predicted octanol–water partition coefficient (Wildman–Crippen LogP) is 1.76. The zero-order valence-corrected chi connectivity index (χ0v) is 10.7. The number of aromatic nitrogens is 1. The van der Waals surface area contributed by atoms with Crippen LogP contribution in [-0.4, -0.2) is 17.4 Å². The number of nitrogens with two attached hydrogens (primary N) is 1. The minimum atomic E-state index is -0.209. The molecular formula is C9H16ClN3OS. The summed E-state index contributed by atoms with van der Waals surface area (Å²) in [4.78, 5) is 16.2. The van der Waals surface area contributed by atoms with Crippen molar-refractivity contribution in [2.45, 2.75) is 26.2 Å². The fraction of sp³-hybridized carbons (Fsp3) is 0.556. The molecule has 0 aliphatic heterocycles. The number of anilines is 1. The first-order valence-electron chi connectivity index (χ1n) is 4.39. The van der Waals surface area contributed by atoms with E-state index >= 15 is 0 Å². The molecule has 4 nitrogen and oxygen atoms in total. The first kappa shape index (κ1) is 14.3. The molecule has 0 saturated heterocycles. The molecular weight excluding hydrogens is 234 g/mol. The summed E-state index contributed by atoms with van der Waals surface area (Å²) in [5.74, 6) is -0.209. The Bertz CT molecular complexity index is 332. The molecule has 6 heteroatoms. The second-order valence-electron chi connectivity index (χ2n) is 4.03. The highest BCUT2D eigenvalue weighted by Crippen LogP contribution is 2.29. The van der Waals surface area contributed by atoms with Crippen molar-refractivity contribution >= 4 is 34.8 Å². The average Bonchev–Trinajstić information content (AvgIpc) is 2.51. The number of halogens is 1.